The molecule has 4 rings (SSSR count). The quantitative estimate of drug-likeness (QED) is 0.661. The fourth-order valence-electron chi connectivity index (χ4n) is 3.66. The summed E-state index contributed by atoms with van der Waals surface area (Å²) in [5, 5.41) is 6.94. The summed E-state index contributed by atoms with van der Waals surface area (Å²) < 4.78 is 0. The summed E-state index contributed by atoms with van der Waals surface area (Å²) in [6.45, 7) is 5.33. The van der Waals surface area contributed by atoms with Gasteiger partial charge in [0.25, 0.3) is 0 Å². The van der Waals surface area contributed by atoms with Gasteiger partial charge in [0.2, 0.25) is 0 Å². The average Bonchev–Trinajstić information content (AvgIpc) is 2.71. The Morgan fingerprint density at radius 1 is 0.929 bits per heavy atom. The Morgan fingerprint density at radius 3 is 2.50 bits per heavy atom. The Morgan fingerprint density at radius 2 is 1.71 bits per heavy atom. The summed E-state index contributed by atoms with van der Waals surface area (Å²) >= 11 is 0. The van der Waals surface area contributed by atoms with Crippen LogP contribution < -0.4 is 10.6 Å². The van der Waals surface area contributed by atoms with Crippen LogP contribution in [0, 0.1) is 6.92 Å². The van der Waals surface area contributed by atoms with Gasteiger partial charge in [-0.15, -0.1) is 0 Å². The molecule has 5 nitrogen and oxygen atoms in total. The molecule has 1 fully saturated rings. The number of nitrogens with zero attached hydrogens (tertiary/aromatic N) is 3. The molecule has 28 heavy (non-hydrogen) atoms. The maximum atomic E-state index is 4.40. The Hall–Kier alpha value is -2.92. The van der Waals surface area contributed by atoms with Crippen LogP contribution in [-0.2, 0) is 6.54 Å². The molecular weight excluding hydrogens is 346 g/mol. The van der Waals surface area contributed by atoms with Crippen LogP contribution >= 0.6 is 0 Å². The lowest BCUT2D eigenvalue weighted by Crippen LogP contribution is -2.38. The molecule has 0 spiro atoms. The van der Waals surface area contributed by atoms with Gasteiger partial charge in [-0.1, -0.05) is 42.5 Å². The van der Waals surface area contributed by atoms with E-state index in [0.717, 1.165) is 49.8 Å². The maximum Gasteiger partial charge on any atom is 0.135 e. The second-order valence-electron chi connectivity index (χ2n) is 7.46. The molecule has 5 heteroatoms. The minimum atomic E-state index is 0.453. The fourth-order valence-corrected chi connectivity index (χ4v) is 3.66. The Bertz CT molecular complexity index is 888. The zero-order valence-electron chi connectivity index (χ0n) is 16.3. The highest BCUT2D eigenvalue weighted by Gasteiger charge is 2.19. The van der Waals surface area contributed by atoms with Gasteiger partial charge in [-0.2, -0.15) is 0 Å². The van der Waals surface area contributed by atoms with Gasteiger partial charge in [-0.3, -0.25) is 4.90 Å². The molecule has 0 saturated carbocycles. The van der Waals surface area contributed by atoms with E-state index in [1.165, 1.54) is 11.1 Å². The number of aromatic nitrogens is 2. The summed E-state index contributed by atoms with van der Waals surface area (Å²) in [5.41, 5.74) is 3.65. The van der Waals surface area contributed by atoms with Gasteiger partial charge in [-0.25, -0.2) is 9.97 Å². The second kappa shape index (κ2) is 8.85. The van der Waals surface area contributed by atoms with Crippen molar-refractivity contribution in [1.29, 1.82) is 0 Å². The highest BCUT2D eigenvalue weighted by atomic mass is 15.2. The summed E-state index contributed by atoms with van der Waals surface area (Å²) in [6, 6.07) is 21.4. The molecule has 0 radical (unpaired) electrons. The van der Waals surface area contributed by atoms with Gasteiger partial charge in [0.15, 0.2) is 0 Å². The van der Waals surface area contributed by atoms with Crippen molar-refractivity contribution in [3.05, 3.63) is 78.1 Å². The van der Waals surface area contributed by atoms with Crippen LogP contribution in [0.25, 0.3) is 0 Å². The van der Waals surface area contributed by atoms with Crippen LogP contribution in [0.4, 0.5) is 17.3 Å². The molecule has 3 aromatic rings. The highest BCUT2D eigenvalue weighted by Crippen LogP contribution is 2.20. The van der Waals surface area contributed by atoms with Crippen LogP contribution in [0.2, 0.25) is 0 Å². The Labute approximate surface area is 166 Å². The number of benzene rings is 2. The molecule has 1 aromatic heterocycles. The first kappa shape index (κ1) is 18.4. The number of hydrogen-bond donors (Lipinski definition) is 2. The van der Waals surface area contributed by atoms with E-state index in [1.54, 1.807) is 6.33 Å². The van der Waals surface area contributed by atoms with Crippen molar-refractivity contribution in [2.45, 2.75) is 32.4 Å². The normalized spacial score (nSPS) is 15.3. The third-order valence-corrected chi connectivity index (χ3v) is 5.15. The number of nitrogens with one attached hydrogen (secondary N) is 2. The zero-order valence-corrected chi connectivity index (χ0v) is 16.3. The first-order valence-corrected chi connectivity index (χ1v) is 9.93. The van der Waals surface area contributed by atoms with Gasteiger partial charge < -0.3 is 10.6 Å². The number of hydrogen-bond acceptors (Lipinski definition) is 5. The lowest BCUT2D eigenvalue weighted by molar-refractivity contribution is 0.211. The maximum absolute atomic E-state index is 4.40. The van der Waals surface area contributed by atoms with Crippen molar-refractivity contribution in [3.63, 3.8) is 0 Å². The molecule has 0 aliphatic carbocycles. The average molecular weight is 374 g/mol. The smallest absolute Gasteiger partial charge is 0.135 e. The van der Waals surface area contributed by atoms with Gasteiger partial charge >= 0.3 is 0 Å². The first-order chi connectivity index (χ1) is 13.7. The zero-order chi connectivity index (χ0) is 19.2. The van der Waals surface area contributed by atoms with Gasteiger partial charge in [0.05, 0.1) is 0 Å². The predicted octanol–water partition coefficient (Wildman–Crippen LogP) is 4.61. The van der Waals surface area contributed by atoms with Crippen molar-refractivity contribution in [2.24, 2.45) is 0 Å². The minimum absolute atomic E-state index is 0.453. The van der Waals surface area contributed by atoms with Crippen molar-refractivity contribution in [2.75, 3.05) is 23.7 Å². The van der Waals surface area contributed by atoms with Crippen LogP contribution in [0.3, 0.4) is 0 Å². The molecule has 144 valence electrons. The summed E-state index contributed by atoms with van der Waals surface area (Å²) in [5.74, 6) is 1.69. The summed E-state index contributed by atoms with van der Waals surface area (Å²) in [7, 11) is 0. The summed E-state index contributed by atoms with van der Waals surface area (Å²) in [4.78, 5) is 11.3. The largest absolute Gasteiger partial charge is 0.367 e. The standard InChI is InChI=1S/C23H27N5/c1-18-6-5-9-21(14-18)27-23-15-22(24-17-25-23)26-20-10-12-28(13-11-20)16-19-7-3-2-4-8-19/h2-9,14-15,17,20H,10-13,16H2,1H3,(H2,24,25,26,27). The predicted molar refractivity (Wildman–Crippen MR) is 115 cm³/mol. The molecule has 2 aromatic carbocycles. The monoisotopic (exact) mass is 373 g/mol. The van der Waals surface area contributed by atoms with E-state index in [-0.39, 0.29) is 0 Å². The Kier molecular flexibility index (Phi) is 5.83. The van der Waals surface area contributed by atoms with Gasteiger partial charge in [0.1, 0.15) is 18.0 Å². The number of likely N-dealkylation sites (tertiary alicyclic amines) is 1. The van der Waals surface area contributed by atoms with Crippen LogP contribution in [0.15, 0.2) is 67.0 Å². The van der Waals surface area contributed by atoms with Crippen molar-refractivity contribution in [1.82, 2.24) is 14.9 Å². The molecule has 0 amide bonds. The van der Waals surface area contributed by atoms with E-state index in [2.05, 4.69) is 74.9 Å². The third-order valence-electron chi connectivity index (χ3n) is 5.15. The molecule has 0 unspecified atom stereocenters. The highest BCUT2D eigenvalue weighted by molar-refractivity contribution is 5.59. The molecule has 2 heterocycles. The van der Waals surface area contributed by atoms with Crippen molar-refractivity contribution in [3.8, 4) is 0 Å². The van der Waals surface area contributed by atoms with E-state index in [1.807, 2.05) is 18.2 Å². The molecule has 0 atom stereocenters. The first-order valence-electron chi connectivity index (χ1n) is 9.93. The molecular formula is C23H27N5. The topological polar surface area (TPSA) is 53.1 Å². The van der Waals surface area contributed by atoms with Crippen molar-refractivity contribution < 1.29 is 0 Å². The van der Waals surface area contributed by atoms with E-state index >= 15 is 0 Å². The third kappa shape index (κ3) is 5.08. The molecule has 2 N–H and O–H groups in total. The van der Waals surface area contributed by atoms with E-state index in [0.29, 0.717) is 6.04 Å². The Balaban J connectivity index is 1.30. The van der Waals surface area contributed by atoms with E-state index < -0.39 is 0 Å². The van der Waals surface area contributed by atoms with Gasteiger partial charge in [-0.05, 0) is 43.0 Å². The number of rotatable bonds is 6. The fraction of sp³-hybridized carbons (Fsp3) is 0.304. The van der Waals surface area contributed by atoms with Crippen LogP contribution in [0.5, 0.6) is 0 Å². The minimum Gasteiger partial charge on any atom is -0.367 e. The molecule has 0 bridgehead atoms. The molecule has 1 aliphatic rings. The van der Waals surface area contributed by atoms with Gasteiger partial charge in [0, 0.05) is 37.4 Å². The SMILES string of the molecule is Cc1cccc(Nc2cc(NC3CCN(Cc4ccccc4)CC3)ncn2)c1. The van der Waals surface area contributed by atoms with E-state index in [9.17, 15) is 0 Å². The van der Waals surface area contributed by atoms with Crippen LogP contribution in [0.1, 0.15) is 24.0 Å². The number of piperidine rings is 1. The lowest BCUT2D eigenvalue weighted by Gasteiger charge is -2.32. The summed E-state index contributed by atoms with van der Waals surface area (Å²) in [6.07, 6.45) is 3.86. The number of aryl methyl sites for hydroxylation is 1. The molecule has 1 aliphatic heterocycles. The van der Waals surface area contributed by atoms with Crippen molar-refractivity contribution >= 4 is 17.3 Å². The second-order valence-corrected chi connectivity index (χ2v) is 7.46. The lowest BCUT2D eigenvalue weighted by atomic mass is 10.0. The molecule has 1 saturated heterocycles. The number of anilines is 3. The van der Waals surface area contributed by atoms with E-state index in [4.69, 9.17) is 0 Å². The van der Waals surface area contributed by atoms with Crippen LogP contribution in [-0.4, -0.2) is 34.0 Å².